The average molecular weight is 819 g/mol. The predicted molar refractivity (Wildman–Crippen MR) is 224 cm³/mol. The molecule has 0 fully saturated rings. The molecule has 0 amide bonds. The van der Waals surface area contributed by atoms with Gasteiger partial charge in [-0.25, -0.2) is 15.0 Å². The van der Waals surface area contributed by atoms with Crippen molar-refractivity contribution in [1.29, 1.82) is 0 Å². The molecule has 0 spiro atoms. The highest BCUT2D eigenvalue weighted by atomic mass is 79.9. The highest BCUT2D eigenvalue weighted by Crippen LogP contribution is 2.26. The highest BCUT2D eigenvalue weighted by molar-refractivity contribution is 9.10. The summed E-state index contributed by atoms with van der Waals surface area (Å²) in [5.41, 5.74) is 15.4. The summed E-state index contributed by atoms with van der Waals surface area (Å²) in [6.45, 7) is 8.77. The van der Waals surface area contributed by atoms with Gasteiger partial charge in [-0.3, -0.25) is 38.4 Å². The number of hydrogen-bond acceptors (Lipinski definition) is 10. The molecule has 0 saturated heterocycles. The van der Waals surface area contributed by atoms with Crippen LogP contribution in [0.15, 0.2) is 115 Å². The van der Waals surface area contributed by atoms with Gasteiger partial charge in [-0.2, -0.15) is 5.10 Å². The third kappa shape index (κ3) is 8.17. The molecule has 0 aliphatic carbocycles. The summed E-state index contributed by atoms with van der Waals surface area (Å²) in [6, 6.07) is 12.5. The van der Waals surface area contributed by atoms with E-state index in [9.17, 15) is 0 Å². The summed E-state index contributed by atoms with van der Waals surface area (Å²) in [7, 11) is 1.90. The van der Waals surface area contributed by atoms with E-state index in [2.05, 4.69) is 94.4 Å². The van der Waals surface area contributed by atoms with Gasteiger partial charge in [0.2, 0.25) is 0 Å². The Morgan fingerprint density at radius 1 is 0.596 bits per heavy atom. The van der Waals surface area contributed by atoms with Crippen LogP contribution in [0.3, 0.4) is 0 Å². The van der Waals surface area contributed by atoms with E-state index < -0.39 is 0 Å². The number of aromatic nitrogens is 12. The predicted octanol–water partition coefficient (Wildman–Crippen LogP) is 8.17. The number of hydrogen-bond donors (Lipinski definition) is 1. The molecule has 9 aromatic rings. The Morgan fingerprint density at radius 2 is 1.25 bits per heavy atom. The molecule has 0 unspecified atom stereocenters. The number of anilines is 1. The monoisotopic (exact) mass is 817 g/mol. The van der Waals surface area contributed by atoms with Gasteiger partial charge in [0.25, 0.3) is 0 Å². The van der Waals surface area contributed by atoms with Crippen molar-refractivity contribution in [2.24, 2.45) is 7.05 Å². The van der Waals surface area contributed by atoms with Gasteiger partial charge in [-0.05, 0) is 103 Å². The number of imidazole rings is 2. The summed E-state index contributed by atoms with van der Waals surface area (Å²) in [6.07, 6.45) is 24.1. The summed E-state index contributed by atoms with van der Waals surface area (Å²) in [5.74, 6) is 0.726. The van der Waals surface area contributed by atoms with Gasteiger partial charge >= 0.3 is 0 Å². The molecule has 0 bridgehead atoms. The van der Waals surface area contributed by atoms with E-state index in [-0.39, 0.29) is 0 Å². The Kier molecular flexibility index (Phi) is 10.6. The summed E-state index contributed by atoms with van der Waals surface area (Å²) >= 11 is 3.50. The molecule has 1 N–H and O–H groups in total. The fraction of sp³-hybridized carbons (Fsp3) is 0.186. The third-order valence-electron chi connectivity index (χ3n) is 9.60. The third-order valence-corrected chi connectivity index (χ3v) is 10.2. The molecule has 13 nitrogen and oxygen atoms in total. The quantitative estimate of drug-likeness (QED) is 0.152. The van der Waals surface area contributed by atoms with Crippen LogP contribution in [0, 0.1) is 27.7 Å². The molecule has 14 heteroatoms. The second-order valence-corrected chi connectivity index (χ2v) is 14.7. The number of nitrogens with one attached hydrogen (secondary N) is 1. The Morgan fingerprint density at radius 3 is 1.91 bits per heavy atom. The molecule has 9 aromatic heterocycles. The maximum absolute atomic E-state index is 4.69. The fourth-order valence-corrected chi connectivity index (χ4v) is 7.26. The number of rotatable bonds is 9. The van der Waals surface area contributed by atoms with Crippen molar-refractivity contribution in [3.05, 3.63) is 155 Å². The molecule has 0 radical (unpaired) electrons. The minimum atomic E-state index is 0.602. The zero-order valence-corrected chi connectivity index (χ0v) is 33.8. The smallest absolute Gasteiger partial charge is 0.180 e. The van der Waals surface area contributed by atoms with Crippen molar-refractivity contribution in [2.45, 2.75) is 47.1 Å². The van der Waals surface area contributed by atoms with Crippen molar-refractivity contribution in [1.82, 2.24) is 58.5 Å². The van der Waals surface area contributed by atoms with Gasteiger partial charge < -0.3 is 5.32 Å². The molecular formula is C43H40BrN13. The van der Waals surface area contributed by atoms with Crippen molar-refractivity contribution >= 4 is 33.0 Å². The van der Waals surface area contributed by atoms with Gasteiger partial charge in [0, 0.05) is 97.4 Å². The molecule has 57 heavy (non-hydrogen) atoms. The molecule has 0 atom stereocenters. The zero-order valence-electron chi connectivity index (χ0n) is 32.3. The van der Waals surface area contributed by atoms with Crippen LogP contribution in [0.25, 0.3) is 45.1 Å². The lowest BCUT2D eigenvalue weighted by atomic mass is 10.0. The molecule has 0 saturated carbocycles. The normalized spacial score (nSPS) is 11.2. The lowest BCUT2D eigenvalue weighted by Gasteiger charge is -2.10. The van der Waals surface area contributed by atoms with Crippen molar-refractivity contribution in [3.8, 4) is 33.8 Å². The second-order valence-electron chi connectivity index (χ2n) is 13.9. The van der Waals surface area contributed by atoms with E-state index >= 15 is 0 Å². The topological polar surface area (TPSA) is 142 Å². The van der Waals surface area contributed by atoms with Crippen LogP contribution in [-0.2, 0) is 26.4 Å². The van der Waals surface area contributed by atoms with Crippen LogP contribution in [0.1, 0.15) is 39.3 Å². The molecule has 284 valence electrons. The van der Waals surface area contributed by atoms with Gasteiger partial charge in [0.1, 0.15) is 4.60 Å². The molecule has 0 aliphatic heterocycles. The lowest BCUT2D eigenvalue weighted by molar-refractivity contribution is 0.768. The van der Waals surface area contributed by atoms with Gasteiger partial charge in [-0.15, -0.1) is 0 Å². The first-order chi connectivity index (χ1) is 27.7. The lowest BCUT2D eigenvalue weighted by Crippen LogP contribution is -2.05. The van der Waals surface area contributed by atoms with Crippen molar-refractivity contribution in [3.63, 3.8) is 0 Å². The fourth-order valence-electron chi connectivity index (χ4n) is 6.87. The Labute approximate surface area is 338 Å². The van der Waals surface area contributed by atoms with E-state index in [1.807, 2.05) is 104 Å². The molecule has 0 aromatic carbocycles. The Balaban J connectivity index is 0.000000162. The highest BCUT2D eigenvalue weighted by Gasteiger charge is 2.13. The van der Waals surface area contributed by atoms with Crippen molar-refractivity contribution in [2.75, 3.05) is 5.32 Å². The first-order valence-corrected chi connectivity index (χ1v) is 19.3. The van der Waals surface area contributed by atoms with E-state index in [1.54, 1.807) is 17.1 Å². The summed E-state index contributed by atoms with van der Waals surface area (Å²) in [4.78, 5) is 35.9. The van der Waals surface area contributed by atoms with Crippen LogP contribution in [0.4, 0.5) is 5.82 Å². The van der Waals surface area contributed by atoms with Crippen LogP contribution in [-0.4, -0.2) is 58.5 Å². The van der Waals surface area contributed by atoms with E-state index in [1.165, 1.54) is 11.1 Å². The SMILES string of the molecule is Cc1cc(-c2ncc(CCc3nccn4c(Br)cnc34)cc2C)ccn1.Cc1cc(-c2ncc(CNc3nccn4c(-c5cnn(C)c5)cnc34)cc2C)ccn1. The number of pyridine rings is 4. The molecule has 9 heterocycles. The van der Waals surface area contributed by atoms with Crippen LogP contribution < -0.4 is 5.32 Å². The van der Waals surface area contributed by atoms with E-state index in [0.29, 0.717) is 6.54 Å². The maximum atomic E-state index is 4.69. The van der Waals surface area contributed by atoms with Crippen LogP contribution in [0.5, 0.6) is 0 Å². The van der Waals surface area contributed by atoms with Crippen molar-refractivity contribution < 1.29 is 0 Å². The number of nitrogens with zero attached hydrogens (tertiary/aromatic N) is 12. The standard InChI is InChI=1S/C23H22N8.C20H18BrN5/c1-15-8-17(10-26-21(15)18-4-5-24-16(2)9-18)11-27-22-23-28-13-20(31(23)7-6-25-22)19-12-29-30(3)14-19;1-13-9-15(11-24-19(13)16-5-6-22-14(2)10-16)3-4-17-20-25-12-18(21)26(20)8-7-23-17/h4-10,12-14H,11H2,1-3H3,(H,25,27);5-12H,3-4H2,1-2H3. The first kappa shape index (κ1) is 37.3. The number of fused-ring (bicyclic) bond motifs is 2. The number of halogens is 1. The minimum Gasteiger partial charge on any atom is -0.363 e. The maximum Gasteiger partial charge on any atom is 0.180 e. The Hall–Kier alpha value is -6.67. The number of aryl methyl sites for hydroxylation is 7. The van der Waals surface area contributed by atoms with Gasteiger partial charge in [-0.1, -0.05) is 12.1 Å². The van der Waals surface area contributed by atoms with Crippen LogP contribution in [0.2, 0.25) is 0 Å². The van der Waals surface area contributed by atoms with E-state index in [0.717, 1.165) is 96.5 Å². The first-order valence-electron chi connectivity index (χ1n) is 18.5. The molecule has 9 rings (SSSR count). The Bertz CT molecular complexity index is 2860. The summed E-state index contributed by atoms with van der Waals surface area (Å²) in [5, 5.41) is 7.66. The van der Waals surface area contributed by atoms with Crippen LogP contribution >= 0.6 is 15.9 Å². The minimum absolute atomic E-state index is 0.602. The molecule has 0 aliphatic rings. The molecular weight excluding hydrogens is 778 g/mol. The zero-order chi connectivity index (χ0) is 39.5. The van der Waals surface area contributed by atoms with E-state index in [4.69, 9.17) is 9.97 Å². The van der Waals surface area contributed by atoms with Gasteiger partial charge in [0.15, 0.2) is 17.1 Å². The largest absolute Gasteiger partial charge is 0.363 e. The summed E-state index contributed by atoms with van der Waals surface area (Å²) < 4.78 is 6.73. The second kappa shape index (κ2) is 16.2. The van der Waals surface area contributed by atoms with Gasteiger partial charge in [0.05, 0.1) is 41.4 Å². The average Bonchev–Trinajstić information content (AvgIpc) is 3.95.